The van der Waals surface area contributed by atoms with Crippen LogP contribution in [-0.2, 0) is 0 Å². The first-order valence-electron chi connectivity index (χ1n) is 1.43. The van der Waals surface area contributed by atoms with Gasteiger partial charge in [-0.05, 0) is 0 Å². The molecule has 34 valence electrons. The van der Waals surface area contributed by atoms with Crippen molar-refractivity contribution in [1.82, 2.24) is 5.43 Å². The fourth-order valence-corrected chi connectivity index (χ4v) is 0.102. The number of nitrogens with one attached hydrogen (secondary N) is 1. The minimum Gasteiger partial charge on any atom is -0.385 e. The fraction of sp³-hybridized carbons (Fsp3) is 0. The van der Waals surface area contributed by atoms with E-state index in [2.05, 4.69) is 23.8 Å². The molecule has 0 unspecified atom stereocenters. The van der Waals surface area contributed by atoms with Crippen molar-refractivity contribution in [2.45, 2.75) is 0 Å². The van der Waals surface area contributed by atoms with Crippen LogP contribution < -0.4 is 11.2 Å². The molecule has 0 aliphatic carbocycles. The van der Waals surface area contributed by atoms with Crippen LogP contribution in [0.3, 0.4) is 0 Å². The Balaban J connectivity index is 3.05. The summed E-state index contributed by atoms with van der Waals surface area (Å²) in [6, 6.07) is 0. The van der Waals surface area contributed by atoms with Crippen molar-refractivity contribution < 1.29 is 0 Å². The Morgan fingerprint density at radius 3 is 2.33 bits per heavy atom. The molecule has 6 heavy (non-hydrogen) atoms. The maximum absolute atomic E-state index is 4.96. The monoisotopic (exact) mass is 85.1 g/mol. The Morgan fingerprint density at radius 2 is 2.33 bits per heavy atom. The normalized spacial score (nSPS) is 6.67. The van der Waals surface area contributed by atoms with E-state index < -0.39 is 0 Å². The van der Waals surface area contributed by atoms with E-state index in [4.69, 9.17) is 5.73 Å². The zero-order valence-electron chi connectivity index (χ0n) is 3.44. The molecule has 0 fully saturated rings. The third kappa shape index (κ3) is 3.01. The number of rotatable bonds is 2. The van der Waals surface area contributed by atoms with E-state index in [1.54, 1.807) is 0 Å². The van der Waals surface area contributed by atoms with Gasteiger partial charge in [0.05, 0.1) is 0 Å². The van der Waals surface area contributed by atoms with Gasteiger partial charge in [-0.1, -0.05) is 6.58 Å². The summed E-state index contributed by atoms with van der Waals surface area (Å²) < 4.78 is 0. The molecule has 0 saturated carbocycles. The van der Waals surface area contributed by atoms with Crippen LogP contribution in [0.5, 0.6) is 0 Å². The van der Waals surface area contributed by atoms with Crippen LogP contribution in [-0.4, -0.2) is 6.72 Å². The van der Waals surface area contributed by atoms with Crippen LogP contribution in [0.15, 0.2) is 17.5 Å². The number of hydrazone groups is 1. The highest BCUT2D eigenvalue weighted by molar-refractivity contribution is 5.22. The van der Waals surface area contributed by atoms with Gasteiger partial charge in [0.15, 0.2) is 0 Å². The topological polar surface area (TPSA) is 50.4 Å². The van der Waals surface area contributed by atoms with Crippen LogP contribution in [0, 0.1) is 0 Å². The first-order valence-corrected chi connectivity index (χ1v) is 1.43. The van der Waals surface area contributed by atoms with Gasteiger partial charge in [-0.3, -0.25) is 5.43 Å². The average Bonchev–Trinajstić information content (AvgIpc) is 1.35. The van der Waals surface area contributed by atoms with Crippen LogP contribution in [0.25, 0.3) is 0 Å². The second-order valence-corrected chi connectivity index (χ2v) is 0.795. The van der Waals surface area contributed by atoms with Gasteiger partial charge in [-0.25, -0.2) is 0 Å². The number of nitrogens with zero attached hydrogens (tertiary/aromatic N) is 1. The highest BCUT2D eigenvalue weighted by atomic mass is 15.3. The van der Waals surface area contributed by atoms with Gasteiger partial charge in [-0.2, -0.15) is 5.10 Å². The SMILES string of the molecule is C=NNC(=C)N. The summed E-state index contributed by atoms with van der Waals surface area (Å²) in [5.74, 6) is 0.310. The first-order chi connectivity index (χ1) is 2.77. The molecule has 0 bridgehead atoms. The summed E-state index contributed by atoms with van der Waals surface area (Å²) in [4.78, 5) is 0. The highest BCUT2D eigenvalue weighted by Gasteiger charge is 1.67. The highest BCUT2D eigenvalue weighted by Crippen LogP contribution is 1.59. The number of hydrogen-bond donors (Lipinski definition) is 2. The fourth-order valence-electron chi connectivity index (χ4n) is 0.102. The van der Waals surface area contributed by atoms with Gasteiger partial charge in [0.1, 0.15) is 5.82 Å². The molecule has 0 spiro atoms. The Kier molecular flexibility index (Phi) is 1.89. The number of nitrogens with two attached hydrogens (primary N) is 1. The Labute approximate surface area is 36.5 Å². The average molecular weight is 85.1 g/mol. The van der Waals surface area contributed by atoms with E-state index in [0.29, 0.717) is 5.82 Å². The summed E-state index contributed by atoms with van der Waals surface area (Å²) in [6.45, 7) is 6.38. The van der Waals surface area contributed by atoms with Crippen LogP contribution >= 0.6 is 0 Å². The van der Waals surface area contributed by atoms with Crippen molar-refractivity contribution in [2.24, 2.45) is 10.8 Å². The second-order valence-electron chi connectivity index (χ2n) is 0.795. The Hall–Kier alpha value is -0.990. The number of hydrogen-bond acceptors (Lipinski definition) is 3. The molecular formula is C3H7N3. The van der Waals surface area contributed by atoms with E-state index in [9.17, 15) is 0 Å². The van der Waals surface area contributed by atoms with Crippen LogP contribution in [0.1, 0.15) is 0 Å². The van der Waals surface area contributed by atoms with E-state index >= 15 is 0 Å². The largest absolute Gasteiger partial charge is 0.385 e. The molecule has 0 aromatic rings. The molecule has 0 aliphatic rings. The molecule has 0 heterocycles. The molecule has 0 aliphatic heterocycles. The van der Waals surface area contributed by atoms with E-state index in [1.165, 1.54) is 0 Å². The lowest BCUT2D eigenvalue weighted by Gasteiger charge is -1.89. The zero-order valence-corrected chi connectivity index (χ0v) is 3.44. The summed E-state index contributed by atoms with van der Waals surface area (Å²) in [7, 11) is 0. The summed E-state index contributed by atoms with van der Waals surface area (Å²) in [5.41, 5.74) is 7.27. The van der Waals surface area contributed by atoms with Crippen molar-refractivity contribution in [3.05, 3.63) is 12.4 Å². The van der Waals surface area contributed by atoms with Gasteiger partial charge in [-0.15, -0.1) is 0 Å². The third-order valence-corrected chi connectivity index (χ3v) is 0.223. The smallest absolute Gasteiger partial charge is 0.109 e. The molecule has 3 nitrogen and oxygen atoms in total. The van der Waals surface area contributed by atoms with Gasteiger partial charge in [0, 0.05) is 6.72 Å². The molecule has 0 atom stereocenters. The lowest BCUT2D eigenvalue weighted by Crippen LogP contribution is -2.10. The molecule has 3 heteroatoms. The molecule has 0 aromatic heterocycles. The lowest BCUT2D eigenvalue weighted by atomic mass is 10.9. The molecule has 3 N–H and O–H groups in total. The predicted octanol–water partition coefficient (Wildman–Crippen LogP) is -0.379. The molecular weight excluding hydrogens is 78.1 g/mol. The van der Waals surface area contributed by atoms with E-state index in [-0.39, 0.29) is 0 Å². The molecule has 0 radical (unpaired) electrons. The maximum atomic E-state index is 4.96. The van der Waals surface area contributed by atoms with Gasteiger partial charge >= 0.3 is 0 Å². The summed E-state index contributed by atoms with van der Waals surface area (Å²) in [6.07, 6.45) is 0. The molecule has 0 aromatic carbocycles. The zero-order chi connectivity index (χ0) is 4.99. The minimum absolute atomic E-state index is 0.310. The van der Waals surface area contributed by atoms with E-state index in [1.807, 2.05) is 0 Å². The Morgan fingerprint density at radius 1 is 1.83 bits per heavy atom. The summed E-state index contributed by atoms with van der Waals surface area (Å²) in [5, 5.41) is 3.21. The van der Waals surface area contributed by atoms with Crippen molar-refractivity contribution in [1.29, 1.82) is 0 Å². The van der Waals surface area contributed by atoms with Crippen molar-refractivity contribution in [2.75, 3.05) is 0 Å². The lowest BCUT2D eigenvalue weighted by molar-refractivity contribution is 0.886. The Bertz CT molecular complexity index is 66.4. The standard InChI is InChI=1S/C3H7N3/c1-3(4)6-5-2/h6H,1-2,4H2. The predicted molar refractivity (Wildman–Crippen MR) is 26.0 cm³/mol. The van der Waals surface area contributed by atoms with E-state index in [0.717, 1.165) is 0 Å². The van der Waals surface area contributed by atoms with Crippen molar-refractivity contribution >= 4 is 6.72 Å². The molecule has 0 saturated heterocycles. The maximum Gasteiger partial charge on any atom is 0.109 e. The quantitative estimate of drug-likeness (QED) is 0.355. The minimum atomic E-state index is 0.310. The van der Waals surface area contributed by atoms with Gasteiger partial charge in [0.25, 0.3) is 0 Å². The van der Waals surface area contributed by atoms with Gasteiger partial charge in [0.2, 0.25) is 0 Å². The molecule has 0 rings (SSSR count). The van der Waals surface area contributed by atoms with Crippen molar-refractivity contribution in [3.8, 4) is 0 Å². The van der Waals surface area contributed by atoms with Crippen LogP contribution in [0.4, 0.5) is 0 Å². The van der Waals surface area contributed by atoms with Crippen LogP contribution in [0.2, 0.25) is 0 Å². The summed E-state index contributed by atoms with van der Waals surface area (Å²) >= 11 is 0. The molecule has 0 amide bonds. The second kappa shape index (κ2) is 2.26. The third-order valence-electron chi connectivity index (χ3n) is 0.223. The van der Waals surface area contributed by atoms with Crippen molar-refractivity contribution in [3.63, 3.8) is 0 Å². The first kappa shape index (κ1) is 5.01. The van der Waals surface area contributed by atoms with Gasteiger partial charge < -0.3 is 5.73 Å².